The molecular formula is C16H20ClN3. The number of nitrogens with one attached hydrogen (secondary N) is 1. The van der Waals surface area contributed by atoms with Gasteiger partial charge in [0.1, 0.15) is 0 Å². The molecule has 1 heterocycles. The van der Waals surface area contributed by atoms with E-state index >= 15 is 0 Å². The fourth-order valence-corrected chi connectivity index (χ4v) is 3.35. The molecular weight excluding hydrogens is 270 g/mol. The van der Waals surface area contributed by atoms with E-state index in [1.54, 1.807) is 12.5 Å². The summed E-state index contributed by atoms with van der Waals surface area (Å²) in [5.41, 5.74) is 2.09. The van der Waals surface area contributed by atoms with Crippen LogP contribution in [0, 0.1) is 5.92 Å². The SMILES string of the molecule is CCC1CCC(Nc2cccc(Cl)c2-n2ccnc2)C1. The van der Waals surface area contributed by atoms with Crippen molar-refractivity contribution in [2.24, 2.45) is 5.92 Å². The summed E-state index contributed by atoms with van der Waals surface area (Å²) >= 11 is 6.37. The maximum atomic E-state index is 6.37. The van der Waals surface area contributed by atoms with Crippen LogP contribution in [0.2, 0.25) is 5.02 Å². The molecule has 4 heteroatoms. The topological polar surface area (TPSA) is 29.9 Å². The number of halogens is 1. The minimum atomic E-state index is 0.556. The molecule has 1 fully saturated rings. The van der Waals surface area contributed by atoms with Gasteiger partial charge in [-0.25, -0.2) is 4.98 Å². The Bertz CT molecular complexity index is 565. The van der Waals surface area contributed by atoms with Crippen LogP contribution in [-0.2, 0) is 0 Å². The highest BCUT2D eigenvalue weighted by molar-refractivity contribution is 6.33. The highest BCUT2D eigenvalue weighted by Crippen LogP contribution is 2.34. The number of anilines is 1. The van der Waals surface area contributed by atoms with Gasteiger partial charge >= 0.3 is 0 Å². The molecule has 2 unspecified atom stereocenters. The lowest BCUT2D eigenvalue weighted by atomic mass is 10.1. The monoisotopic (exact) mass is 289 g/mol. The van der Waals surface area contributed by atoms with Gasteiger partial charge in [-0.1, -0.05) is 31.0 Å². The van der Waals surface area contributed by atoms with Crippen molar-refractivity contribution in [2.45, 2.75) is 38.6 Å². The summed E-state index contributed by atoms with van der Waals surface area (Å²) < 4.78 is 1.97. The molecule has 1 N–H and O–H groups in total. The van der Waals surface area contributed by atoms with E-state index in [9.17, 15) is 0 Å². The molecule has 1 aromatic carbocycles. The van der Waals surface area contributed by atoms with Crippen LogP contribution in [0.3, 0.4) is 0 Å². The number of rotatable bonds is 4. The third-order valence-electron chi connectivity index (χ3n) is 4.23. The van der Waals surface area contributed by atoms with Crippen LogP contribution in [0.1, 0.15) is 32.6 Å². The van der Waals surface area contributed by atoms with Gasteiger partial charge in [0.15, 0.2) is 0 Å². The van der Waals surface area contributed by atoms with Crippen molar-refractivity contribution < 1.29 is 0 Å². The van der Waals surface area contributed by atoms with Crippen LogP contribution in [0.5, 0.6) is 0 Å². The Labute approximate surface area is 125 Å². The van der Waals surface area contributed by atoms with E-state index in [-0.39, 0.29) is 0 Å². The lowest BCUT2D eigenvalue weighted by Crippen LogP contribution is -2.17. The summed E-state index contributed by atoms with van der Waals surface area (Å²) in [5.74, 6) is 0.864. The van der Waals surface area contributed by atoms with Crippen molar-refractivity contribution in [3.63, 3.8) is 0 Å². The summed E-state index contributed by atoms with van der Waals surface area (Å²) in [4.78, 5) is 4.11. The van der Waals surface area contributed by atoms with E-state index in [1.165, 1.54) is 25.7 Å². The summed E-state index contributed by atoms with van der Waals surface area (Å²) in [7, 11) is 0. The van der Waals surface area contributed by atoms with Crippen molar-refractivity contribution in [3.8, 4) is 5.69 Å². The molecule has 1 aliphatic carbocycles. The highest BCUT2D eigenvalue weighted by atomic mass is 35.5. The molecule has 3 rings (SSSR count). The Kier molecular flexibility index (Phi) is 3.97. The van der Waals surface area contributed by atoms with Crippen LogP contribution in [0.4, 0.5) is 5.69 Å². The van der Waals surface area contributed by atoms with Gasteiger partial charge in [0.25, 0.3) is 0 Å². The molecule has 1 aromatic heterocycles. The molecule has 1 aliphatic rings. The van der Waals surface area contributed by atoms with Gasteiger partial charge in [0.2, 0.25) is 0 Å². The van der Waals surface area contributed by atoms with Crippen LogP contribution in [0.25, 0.3) is 5.69 Å². The second-order valence-corrected chi connectivity index (χ2v) is 5.94. The number of benzene rings is 1. The van der Waals surface area contributed by atoms with Gasteiger partial charge in [0, 0.05) is 18.4 Å². The zero-order valence-electron chi connectivity index (χ0n) is 11.7. The first-order valence-corrected chi connectivity index (χ1v) is 7.69. The van der Waals surface area contributed by atoms with Crippen molar-refractivity contribution in [3.05, 3.63) is 41.9 Å². The van der Waals surface area contributed by atoms with Gasteiger partial charge in [-0.3, -0.25) is 0 Å². The predicted octanol–water partition coefficient (Wildman–Crippen LogP) is 4.52. The average molecular weight is 290 g/mol. The number of aromatic nitrogens is 2. The number of para-hydroxylation sites is 1. The molecule has 2 aromatic rings. The Morgan fingerprint density at radius 3 is 3.00 bits per heavy atom. The third-order valence-corrected chi connectivity index (χ3v) is 4.53. The van der Waals surface area contributed by atoms with Gasteiger partial charge in [-0.05, 0) is 37.3 Å². The highest BCUT2D eigenvalue weighted by Gasteiger charge is 2.24. The molecule has 0 aliphatic heterocycles. The van der Waals surface area contributed by atoms with Crippen molar-refractivity contribution in [1.29, 1.82) is 0 Å². The first kappa shape index (κ1) is 13.5. The Hall–Kier alpha value is -1.48. The molecule has 0 bridgehead atoms. The van der Waals surface area contributed by atoms with Gasteiger partial charge in [0.05, 0.1) is 22.7 Å². The molecule has 3 nitrogen and oxygen atoms in total. The molecule has 1 saturated carbocycles. The smallest absolute Gasteiger partial charge is 0.0992 e. The zero-order valence-corrected chi connectivity index (χ0v) is 12.5. The summed E-state index contributed by atoms with van der Waals surface area (Å²) in [6.07, 6.45) is 10.6. The molecule has 0 saturated heterocycles. The van der Waals surface area contributed by atoms with Gasteiger partial charge < -0.3 is 9.88 Å². The quantitative estimate of drug-likeness (QED) is 0.897. The number of hydrogen-bond donors (Lipinski definition) is 1. The van der Waals surface area contributed by atoms with E-state index in [0.29, 0.717) is 6.04 Å². The first-order chi connectivity index (χ1) is 9.78. The number of hydrogen-bond acceptors (Lipinski definition) is 2. The Morgan fingerprint density at radius 1 is 1.40 bits per heavy atom. The van der Waals surface area contributed by atoms with E-state index < -0.39 is 0 Å². The first-order valence-electron chi connectivity index (χ1n) is 7.31. The van der Waals surface area contributed by atoms with Crippen LogP contribution < -0.4 is 5.32 Å². The molecule has 0 radical (unpaired) electrons. The second kappa shape index (κ2) is 5.88. The van der Waals surface area contributed by atoms with Gasteiger partial charge in [-0.15, -0.1) is 0 Å². The van der Waals surface area contributed by atoms with E-state index in [4.69, 9.17) is 11.6 Å². The Morgan fingerprint density at radius 2 is 2.30 bits per heavy atom. The lowest BCUT2D eigenvalue weighted by Gasteiger charge is -2.19. The molecule has 106 valence electrons. The van der Waals surface area contributed by atoms with Crippen LogP contribution >= 0.6 is 11.6 Å². The van der Waals surface area contributed by atoms with E-state index in [2.05, 4.69) is 23.3 Å². The van der Waals surface area contributed by atoms with Crippen molar-refractivity contribution in [2.75, 3.05) is 5.32 Å². The number of nitrogens with zero attached hydrogens (tertiary/aromatic N) is 2. The molecule has 2 atom stereocenters. The summed E-state index contributed by atoms with van der Waals surface area (Å²) in [6.45, 7) is 2.28. The standard InChI is InChI=1S/C16H20ClN3/c1-2-12-6-7-13(10-12)19-15-5-3-4-14(17)16(15)20-9-8-18-11-20/h3-5,8-9,11-13,19H,2,6-7,10H2,1H3. The Balaban J connectivity index is 1.85. The van der Waals surface area contributed by atoms with E-state index in [0.717, 1.165) is 22.3 Å². The van der Waals surface area contributed by atoms with E-state index in [1.807, 2.05) is 22.9 Å². The third kappa shape index (κ3) is 2.68. The van der Waals surface area contributed by atoms with Crippen LogP contribution in [0.15, 0.2) is 36.9 Å². The van der Waals surface area contributed by atoms with Gasteiger partial charge in [-0.2, -0.15) is 0 Å². The average Bonchev–Trinajstić information content (AvgIpc) is 3.10. The summed E-state index contributed by atoms with van der Waals surface area (Å²) in [5, 5.41) is 4.42. The minimum Gasteiger partial charge on any atom is -0.381 e. The zero-order chi connectivity index (χ0) is 13.9. The minimum absolute atomic E-state index is 0.556. The molecule has 0 amide bonds. The lowest BCUT2D eigenvalue weighted by molar-refractivity contribution is 0.525. The van der Waals surface area contributed by atoms with Crippen LogP contribution in [-0.4, -0.2) is 15.6 Å². The number of imidazole rings is 1. The summed E-state index contributed by atoms with van der Waals surface area (Å²) in [6, 6.07) is 6.57. The fraction of sp³-hybridized carbons (Fsp3) is 0.438. The maximum absolute atomic E-state index is 6.37. The predicted molar refractivity (Wildman–Crippen MR) is 83.6 cm³/mol. The van der Waals surface area contributed by atoms with Crippen molar-refractivity contribution in [1.82, 2.24) is 9.55 Å². The second-order valence-electron chi connectivity index (χ2n) is 5.53. The maximum Gasteiger partial charge on any atom is 0.0992 e. The molecule has 20 heavy (non-hydrogen) atoms. The van der Waals surface area contributed by atoms with Crippen molar-refractivity contribution >= 4 is 17.3 Å². The molecule has 0 spiro atoms. The normalized spacial score (nSPS) is 22.1. The fourth-order valence-electron chi connectivity index (χ4n) is 3.08. The largest absolute Gasteiger partial charge is 0.381 e.